The fraction of sp³-hybridized carbons (Fsp3) is 0.538. The number of hydrogen-bond acceptors (Lipinski definition) is 6. The first kappa shape index (κ1) is 14.2. The average Bonchev–Trinajstić information content (AvgIpc) is 2.46. The molecule has 0 N–H and O–H groups in total. The molecule has 0 saturated carbocycles. The maximum Gasteiger partial charge on any atom is 0.311 e. The number of aromatic nitrogens is 1. The highest BCUT2D eigenvalue weighted by molar-refractivity contribution is 5.58. The van der Waals surface area contributed by atoms with Crippen molar-refractivity contribution in [3.8, 4) is 6.07 Å². The number of piperazine rings is 1. The molecule has 0 spiro atoms. The van der Waals surface area contributed by atoms with E-state index in [1.807, 2.05) is 18.7 Å². The molecule has 1 aliphatic heterocycles. The predicted molar refractivity (Wildman–Crippen MR) is 74.5 cm³/mol. The Morgan fingerprint density at radius 1 is 1.40 bits per heavy atom. The summed E-state index contributed by atoms with van der Waals surface area (Å²) in [7, 11) is 0. The highest BCUT2D eigenvalue weighted by Gasteiger charge is 2.26. The highest BCUT2D eigenvalue weighted by Crippen LogP contribution is 2.27. The summed E-state index contributed by atoms with van der Waals surface area (Å²) in [5, 5.41) is 20.0. The van der Waals surface area contributed by atoms with Gasteiger partial charge in [-0.3, -0.25) is 15.0 Å². The van der Waals surface area contributed by atoms with Crippen LogP contribution in [-0.4, -0.2) is 47.0 Å². The highest BCUT2D eigenvalue weighted by atomic mass is 16.6. The van der Waals surface area contributed by atoms with E-state index in [0.29, 0.717) is 32.0 Å². The Kier molecular flexibility index (Phi) is 4.15. The molecule has 1 fully saturated rings. The Hall–Kier alpha value is -2.20. The lowest BCUT2D eigenvalue weighted by Crippen LogP contribution is -2.49. The third kappa shape index (κ3) is 2.86. The van der Waals surface area contributed by atoms with Crippen LogP contribution in [0.2, 0.25) is 0 Å². The van der Waals surface area contributed by atoms with Gasteiger partial charge in [0.05, 0.1) is 17.0 Å². The van der Waals surface area contributed by atoms with Crippen molar-refractivity contribution in [2.75, 3.05) is 31.1 Å². The van der Waals surface area contributed by atoms with Gasteiger partial charge >= 0.3 is 5.69 Å². The number of rotatable bonds is 3. The topological polar surface area (TPSA) is 86.3 Å². The molecule has 0 amide bonds. The van der Waals surface area contributed by atoms with Gasteiger partial charge in [-0.05, 0) is 19.9 Å². The van der Waals surface area contributed by atoms with Gasteiger partial charge in [0.15, 0.2) is 0 Å². The Morgan fingerprint density at radius 2 is 2.05 bits per heavy atom. The maximum atomic E-state index is 11.1. The summed E-state index contributed by atoms with van der Waals surface area (Å²) in [6, 6.07) is 5.23. The molecule has 0 aromatic carbocycles. The van der Waals surface area contributed by atoms with Crippen LogP contribution < -0.4 is 4.90 Å². The normalized spacial score (nSPS) is 17.6. The molecule has 0 bridgehead atoms. The quantitative estimate of drug-likeness (QED) is 0.611. The molecule has 1 saturated heterocycles. The van der Waals surface area contributed by atoms with Crippen LogP contribution in [0, 0.1) is 28.4 Å². The van der Waals surface area contributed by atoms with E-state index in [1.54, 1.807) is 6.07 Å². The van der Waals surface area contributed by atoms with Crippen LogP contribution in [-0.2, 0) is 0 Å². The first-order valence-corrected chi connectivity index (χ1v) is 6.53. The molecule has 2 rings (SSSR count). The van der Waals surface area contributed by atoms with E-state index < -0.39 is 4.92 Å². The Labute approximate surface area is 117 Å². The number of hydrogen-bond donors (Lipinski definition) is 0. The predicted octanol–water partition coefficient (Wildman–Crippen LogP) is 1.33. The Balaban J connectivity index is 2.17. The van der Waals surface area contributed by atoms with Gasteiger partial charge in [0.1, 0.15) is 0 Å². The lowest BCUT2D eigenvalue weighted by molar-refractivity contribution is -0.384. The molecule has 1 aromatic rings. The molecule has 2 heterocycles. The molecule has 7 nitrogen and oxygen atoms in total. The number of nitriles is 1. The molecule has 1 aromatic heterocycles. The van der Waals surface area contributed by atoms with Crippen molar-refractivity contribution in [2.24, 2.45) is 0 Å². The van der Waals surface area contributed by atoms with Gasteiger partial charge in [-0.1, -0.05) is 0 Å². The van der Waals surface area contributed by atoms with Crippen molar-refractivity contribution in [3.05, 3.63) is 27.9 Å². The van der Waals surface area contributed by atoms with Crippen LogP contribution in [0.5, 0.6) is 0 Å². The SMILES string of the molecule is Cc1ccc([N+](=O)[O-])c(N2CCN(C(C)C#N)CC2)n1. The summed E-state index contributed by atoms with van der Waals surface area (Å²) in [5.41, 5.74) is 0.802. The number of nitro groups is 1. The first-order chi connectivity index (χ1) is 9.52. The molecular weight excluding hydrogens is 258 g/mol. The first-order valence-electron chi connectivity index (χ1n) is 6.53. The van der Waals surface area contributed by atoms with Crippen LogP contribution in [0.4, 0.5) is 11.5 Å². The van der Waals surface area contributed by atoms with Crippen LogP contribution >= 0.6 is 0 Å². The standard InChI is InChI=1S/C13H17N5O2/c1-10-3-4-12(18(19)20)13(15-10)17-7-5-16(6-8-17)11(2)9-14/h3-4,11H,5-8H2,1-2H3. The molecule has 7 heteroatoms. The molecule has 1 unspecified atom stereocenters. The van der Waals surface area contributed by atoms with Crippen molar-refractivity contribution in [3.63, 3.8) is 0 Å². The van der Waals surface area contributed by atoms with Crippen molar-refractivity contribution in [2.45, 2.75) is 19.9 Å². The zero-order valence-electron chi connectivity index (χ0n) is 11.6. The number of nitrogens with zero attached hydrogens (tertiary/aromatic N) is 5. The molecule has 106 valence electrons. The third-order valence-corrected chi connectivity index (χ3v) is 3.54. The number of anilines is 1. The number of pyridine rings is 1. The summed E-state index contributed by atoms with van der Waals surface area (Å²) in [5.74, 6) is 0.430. The van der Waals surface area contributed by atoms with E-state index in [-0.39, 0.29) is 11.7 Å². The zero-order valence-corrected chi connectivity index (χ0v) is 11.6. The van der Waals surface area contributed by atoms with Crippen LogP contribution in [0.25, 0.3) is 0 Å². The van der Waals surface area contributed by atoms with E-state index in [9.17, 15) is 10.1 Å². The number of aryl methyl sites for hydroxylation is 1. The Morgan fingerprint density at radius 3 is 2.60 bits per heavy atom. The van der Waals surface area contributed by atoms with Gasteiger partial charge in [-0.2, -0.15) is 5.26 Å². The summed E-state index contributed by atoms with van der Waals surface area (Å²) in [6.45, 7) is 6.39. The lowest BCUT2D eigenvalue weighted by Gasteiger charge is -2.36. The van der Waals surface area contributed by atoms with Gasteiger partial charge < -0.3 is 4.90 Å². The van der Waals surface area contributed by atoms with Crippen molar-refractivity contribution in [1.29, 1.82) is 5.26 Å². The van der Waals surface area contributed by atoms with Crippen LogP contribution in [0.15, 0.2) is 12.1 Å². The van der Waals surface area contributed by atoms with Crippen molar-refractivity contribution in [1.82, 2.24) is 9.88 Å². The van der Waals surface area contributed by atoms with Gasteiger partial charge in [0.25, 0.3) is 0 Å². The minimum absolute atomic E-state index is 0.0392. The molecule has 1 aliphatic rings. The maximum absolute atomic E-state index is 11.1. The second-order valence-corrected chi connectivity index (χ2v) is 4.88. The van der Waals surface area contributed by atoms with Gasteiger partial charge in [0.2, 0.25) is 5.82 Å². The van der Waals surface area contributed by atoms with E-state index in [1.165, 1.54) is 6.07 Å². The van der Waals surface area contributed by atoms with E-state index in [2.05, 4.69) is 16.0 Å². The lowest BCUT2D eigenvalue weighted by atomic mass is 10.2. The second-order valence-electron chi connectivity index (χ2n) is 4.88. The van der Waals surface area contributed by atoms with Crippen LogP contribution in [0.3, 0.4) is 0 Å². The van der Waals surface area contributed by atoms with E-state index in [0.717, 1.165) is 5.69 Å². The smallest absolute Gasteiger partial charge is 0.311 e. The largest absolute Gasteiger partial charge is 0.348 e. The molecular formula is C13H17N5O2. The average molecular weight is 275 g/mol. The van der Waals surface area contributed by atoms with Crippen LogP contribution in [0.1, 0.15) is 12.6 Å². The third-order valence-electron chi connectivity index (χ3n) is 3.54. The van der Waals surface area contributed by atoms with Gasteiger partial charge in [-0.15, -0.1) is 0 Å². The van der Waals surface area contributed by atoms with Crippen molar-refractivity contribution >= 4 is 11.5 Å². The molecule has 0 radical (unpaired) electrons. The van der Waals surface area contributed by atoms with Gasteiger partial charge in [0, 0.05) is 37.9 Å². The monoisotopic (exact) mass is 275 g/mol. The zero-order chi connectivity index (χ0) is 14.7. The summed E-state index contributed by atoms with van der Waals surface area (Å²) < 4.78 is 0. The molecule has 1 atom stereocenters. The summed E-state index contributed by atoms with van der Waals surface area (Å²) in [4.78, 5) is 19.0. The van der Waals surface area contributed by atoms with E-state index >= 15 is 0 Å². The summed E-state index contributed by atoms with van der Waals surface area (Å²) >= 11 is 0. The fourth-order valence-corrected chi connectivity index (χ4v) is 2.31. The second kappa shape index (κ2) is 5.84. The van der Waals surface area contributed by atoms with Crippen molar-refractivity contribution < 1.29 is 4.92 Å². The minimum Gasteiger partial charge on any atom is -0.348 e. The molecule has 0 aliphatic carbocycles. The van der Waals surface area contributed by atoms with E-state index in [4.69, 9.17) is 5.26 Å². The Bertz CT molecular complexity index is 546. The summed E-state index contributed by atoms with van der Waals surface area (Å²) in [6.07, 6.45) is 0. The van der Waals surface area contributed by atoms with Gasteiger partial charge in [-0.25, -0.2) is 4.98 Å². The fourth-order valence-electron chi connectivity index (χ4n) is 2.31. The minimum atomic E-state index is -0.397. The molecule has 20 heavy (non-hydrogen) atoms.